The fraction of sp³-hybridized carbons (Fsp3) is 0.455. The second-order valence-corrected chi connectivity index (χ2v) is 3.86. The molecule has 1 N–H and O–H groups in total. The van der Waals surface area contributed by atoms with Crippen LogP contribution < -0.4 is 5.32 Å². The van der Waals surface area contributed by atoms with E-state index in [4.69, 9.17) is 0 Å². The molecular formula is C11H16N6. The minimum atomic E-state index is 0.607. The van der Waals surface area contributed by atoms with Crippen molar-refractivity contribution in [1.29, 1.82) is 0 Å². The van der Waals surface area contributed by atoms with Crippen LogP contribution in [0.1, 0.15) is 24.3 Å². The molecule has 0 bridgehead atoms. The van der Waals surface area contributed by atoms with Crippen LogP contribution in [0.15, 0.2) is 12.4 Å². The molecule has 0 spiro atoms. The van der Waals surface area contributed by atoms with Gasteiger partial charge in [-0.2, -0.15) is 0 Å². The molecule has 0 aromatic carbocycles. The van der Waals surface area contributed by atoms with Crippen LogP contribution >= 0.6 is 0 Å². The molecule has 0 amide bonds. The Hall–Kier alpha value is -1.98. The van der Waals surface area contributed by atoms with Crippen LogP contribution in [0.2, 0.25) is 0 Å². The van der Waals surface area contributed by atoms with E-state index in [0.29, 0.717) is 6.54 Å². The number of nitrogens with one attached hydrogen (secondary N) is 1. The highest BCUT2D eigenvalue weighted by Crippen LogP contribution is 2.08. The van der Waals surface area contributed by atoms with Crippen LogP contribution in [0.3, 0.4) is 0 Å². The van der Waals surface area contributed by atoms with Crippen molar-refractivity contribution in [3.05, 3.63) is 29.7 Å². The smallest absolute Gasteiger partial charge is 0.151 e. The summed E-state index contributed by atoms with van der Waals surface area (Å²) in [7, 11) is 1.92. The molecule has 0 aliphatic rings. The van der Waals surface area contributed by atoms with Gasteiger partial charge in [-0.25, -0.2) is 9.97 Å². The van der Waals surface area contributed by atoms with Gasteiger partial charge in [0.15, 0.2) is 5.82 Å². The highest BCUT2D eigenvalue weighted by atomic mass is 15.3. The molecule has 6 nitrogen and oxygen atoms in total. The summed E-state index contributed by atoms with van der Waals surface area (Å²) < 4.78 is 1.88. The van der Waals surface area contributed by atoms with Crippen LogP contribution in [0.5, 0.6) is 0 Å². The first-order chi connectivity index (χ1) is 8.19. The first kappa shape index (κ1) is 11.5. The van der Waals surface area contributed by atoms with E-state index in [1.54, 1.807) is 6.33 Å². The van der Waals surface area contributed by atoms with E-state index in [9.17, 15) is 0 Å². The Bertz CT molecular complexity index is 504. The maximum Gasteiger partial charge on any atom is 0.151 e. The summed E-state index contributed by atoms with van der Waals surface area (Å²) in [6.45, 7) is 4.58. The molecular weight excluding hydrogens is 216 g/mol. The van der Waals surface area contributed by atoms with Gasteiger partial charge in [-0.1, -0.05) is 6.92 Å². The van der Waals surface area contributed by atoms with Crippen molar-refractivity contribution in [2.75, 3.05) is 5.32 Å². The molecule has 0 fully saturated rings. The molecule has 2 rings (SSSR count). The van der Waals surface area contributed by atoms with E-state index in [-0.39, 0.29) is 0 Å². The maximum atomic E-state index is 4.33. The third kappa shape index (κ3) is 2.77. The van der Waals surface area contributed by atoms with Crippen LogP contribution in [0.25, 0.3) is 0 Å². The van der Waals surface area contributed by atoms with E-state index in [0.717, 1.165) is 29.6 Å². The number of aromatic nitrogens is 5. The molecule has 0 radical (unpaired) electrons. The zero-order valence-electron chi connectivity index (χ0n) is 10.3. The quantitative estimate of drug-likeness (QED) is 0.854. The van der Waals surface area contributed by atoms with E-state index in [2.05, 4.69) is 32.4 Å². The molecule has 0 atom stereocenters. The monoisotopic (exact) mass is 232 g/mol. The van der Waals surface area contributed by atoms with Gasteiger partial charge < -0.3 is 9.88 Å². The van der Waals surface area contributed by atoms with Gasteiger partial charge >= 0.3 is 0 Å². The van der Waals surface area contributed by atoms with Crippen molar-refractivity contribution in [1.82, 2.24) is 24.7 Å². The minimum Gasteiger partial charge on any atom is -0.363 e. The van der Waals surface area contributed by atoms with E-state index in [1.807, 2.05) is 24.6 Å². The highest BCUT2D eigenvalue weighted by Gasteiger charge is 2.03. The predicted octanol–water partition coefficient (Wildman–Crippen LogP) is 1.09. The van der Waals surface area contributed by atoms with Crippen molar-refractivity contribution >= 4 is 5.82 Å². The van der Waals surface area contributed by atoms with Gasteiger partial charge in [0.1, 0.15) is 18.0 Å². The van der Waals surface area contributed by atoms with E-state index >= 15 is 0 Å². The molecule has 90 valence electrons. The van der Waals surface area contributed by atoms with Crippen LogP contribution in [-0.4, -0.2) is 24.7 Å². The maximum absolute atomic E-state index is 4.33. The zero-order valence-corrected chi connectivity index (χ0v) is 10.3. The largest absolute Gasteiger partial charge is 0.363 e. The summed E-state index contributed by atoms with van der Waals surface area (Å²) in [5.74, 6) is 2.49. The minimum absolute atomic E-state index is 0.607. The van der Waals surface area contributed by atoms with Crippen molar-refractivity contribution < 1.29 is 0 Å². The van der Waals surface area contributed by atoms with Gasteiger partial charge in [0.2, 0.25) is 0 Å². The molecule has 0 aliphatic carbocycles. The molecule has 0 saturated heterocycles. The molecule has 2 heterocycles. The fourth-order valence-corrected chi connectivity index (χ4v) is 1.54. The van der Waals surface area contributed by atoms with Gasteiger partial charge in [0, 0.05) is 18.8 Å². The summed E-state index contributed by atoms with van der Waals surface area (Å²) >= 11 is 0. The normalized spacial score (nSPS) is 10.5. The van der Waals surface area contributed by atoms with Crippen molar-refractivity contribution in [3.63, 3.8) is 0 Å². The number of nitrogens with zero attached hydrogens (tertiary/aromatic N) is 5. The Balaban J connectivity index is 2.09. The average molecular weight is 232 g/mol. The number of hydrogen-bond acceptors (Lipinski definition) is 5. The Morgan fingerprint density at radius 1 is 1.35 bits per heavy atom. The number of rotatable bonds is 4. The molecule has 6 heteroatoms. The number of hydrogen-bond donors (Lipinski definition) is 1. The average Bonchev–Trinajstić information content (AvgIpc) is 2.71. The zero-order chi connectivity index (χ0) is 12.3. The van der Waals surface area contributed by atoms with Gasteiger partial charge in [-0.05, 0) is 13.3 Å². The molecule has 0 saturated carbocycles. The van der Waals surface area contributed by atoms with Crippen LogP contribution in [0.4, 0.5) is 5.82 Å². The molecule has 17 heavy (non-hydrogen) atoms. The molecule has 2 aromatic rings. The van der Waals surface area contributed by atoms with Gasteiger partial charge in [-0.15, -0.1) is 10.2 Å². The topological polar surface area (TPSA) is 68.5 Å². The standard InChI is InChI=1S/C11H16N6/c1-4-9-5-10(15-8(2)14-9)12-6-11-16-13-7-17(11)3/h5,7H,4,6H2,1-3H3,(H,12,14,15). The highest BCUT2D eigenvalue weighted by molar-refractivity contribution is 5.36. The second kappa shape index (κ2) is 4.90. The molecule has 0 unspecified atom stereocenters. The number of aryl methyl sites for hydroxylation is 3. The first-order valence-electron chi connectivity index (χ1n) is 5.60. The summed E-state index contributed by atoms with van der Waals surface area (Å²) in [4.78, 5) is 8.66. The summed E-state index contributed by atoms with van der Waals surface area (Å²) in [5, 5.41) is 11.1. The lowest BCUT2D eigenvalue weighted by Gasteiger charge is -2.07. The van der Waals surface area contributed by atoms with Crippen molar-refractivity contribution in [3.8, 4) is 0 Å². The summed E-state index contributed by atoms with van der Waals surface area (Å²) in [6, 6.07) is 1.96. The summed E-state index contributed by atoms with van der Waals surface area (Å²) in [6.07, 6.45) is 2.59. The Morgan fingerprint density at radius 3 is 2.82 bits per heavy atom. The lowest BCUT2D eigenvalue weighted by Crippen LogP contribution is -2.08. The molecule has 2 aromatic heterocycles. The third-order valence-electron chi connectivity index (χ3n) is 2.49. The van der Waals surface area contributed by atoms with E-state index in [1.165, 1.54) is 0 Å². The Morgan fingerprint density at radius 2 is 2.18 bits per heavy atom. The van der Waals surface area contributed by atoms with Crippen molar-refractivity contribution in [2.45, 2.75) is 26.8 Å². The lowest BCUT2D eigenvalue weighted by atomic mass is 10.3. The van der Waals surface area contributed by atoms with Crippen LogP contribution in [0, 0.1) is 6.92 Å². The molecule has 0 aliphatic heterocycles. The van der Waals surface area contributed by atoms with E-state index < -0.39 is 0 Å². The number of anilines is 1. The SMILES string of the molecule is CCc1cc(NCc2nncn2C)nc(C)n1. The van der Waals surface area contributed by atoms with Gasteiger partial charge in [0.05, 0.1) is 6.54 Å². The van der Waals surface area contributed by atoms with Crippen LogP contribution in [-0.2, 0) is 20.0 Å². The van der Waals surface area contributed by atoms with Gasteiger partial charge in [0.25, 0.3) is 0 Å². The lowest BCUT2D eigenvalue weighted by molar-refractivity contribution is 0.808. The second-order valence-electron chi connectivity index (χ2n) is 3.86. The predicted molar refractivity (Wildman–Crippen MR) is 64.5 cm³/mol. The Labute approximate surface area is 100 Å². The Kier molecular flexibility index (Phi) is 3.32. The van der Waals surface area contributed by atoms with Crippen molar-refractivity contribution in [2.24, 2.45) is 7.05 Å². The first-order valence-corrected chi connectivity index (χ1v) is 5.60. The van der Waals surface area contributed by atoms with Gasteiger partial charge in [-0.3, -0.25) is 0 Å². The fourth-order valence-electron chi connectivity index (χ4n) is 1.54. The third-order valence-corrected chi connectivity index (χ3v) is 2.49. The summed E-state index contributed by atoms with van der Waals surface area (Å²) in [5.41, 5.74) is 1.04.